The summed E-state index contributed by atoms with van der Waals surface area (Å²) in [6.45, 7) is 0.182. The van der Waals surface area contributed by atoms with Crippen LogP contribution in [0.25, 0.3) is 0 Å². The maximum atomic E-state index is 11.6. The van der Waals surface area contributed by atoms with E-state index < -0.39 is 23.8 Å². The quantitative estimate of drug-likeness (QED) is 0.528. The molecule has 142 valence electrons. The lowest BCUT2D eigenvalue weighted by Gasteiger charge is -2.36. The minimum atomic E-state index is -1.08. The van der Waals surface area contributed by atoms with Gasteiger partial charge in [-0.25, -0.2) is 4.79 Å². The predicted octanol–water partition coefficient (Wildman–Crippen LogP) is 3.67. The molecule has 0 spiro atoms. The standard InChI is InChI=1S/C24H22O4/c25-22-16-21(28-23(22)26)17-27-24(18-10-4-1-5-11-18,19-12-6-2-7-13-19)20-14-8-3-9-15-20/h1-15,21-22,25H,16-17H2/t21-,22+/m0/s1. The van der Waals surface area contributed by atoms with Crippen molar-refractivity contribution in [3.63, 3.8) is 0 Å². The highest BCUT2D eigenvalue weighted by molar-refractivity contribution is 5.76. The zero-order valence-electron chi connectivity index (χ0n) is 15.4. The van der Waals surface area contributed by atoms with Crippen LogP contribution in [0.15, 0.2) is 91.0 Å². The zero-order valence-corrected chi connectivity index (χ0v) is 15.4. The molecular formula is C24H22O4. The molecule has 4 rings (SSSR count). The third-order valence-corrected chi connectivity index (χ3v) is 5.07. The molecular weight excluding hydrogens is 352 g/mol. The molecule has 1 fully saturated rings. The van der Waals surface area contributed by atoms with Crippen molar-refractivity contribution in [3.8, 4) is 0 Å². The van der Waals surface area contributed by atoms with Crippen LogP contribution in [0, 0.1) is 0 Å². The number of hydrogen-bond acceptors (Lipinski definition) is 4. The van der Waals surface area contributed by atoms with Gasteiger partial charge in [-0.15, -0.1) is 0 Å². The molecule has 0 bridgehead atoms. The van der Waals surface area contributed by atoms with Crippen molar-refractivity contribution in [1.82, 2.24) is 0 Å². The van der Waals surface area contributed by atoms with Crippen LogP contribution in [0.1, 0.15) is 23.1 Å². The van der Waals surface area contributed by atoms with Crippen LogP contribution in [0.3, 0.4) is 0 Å². The van der Waals surface area contributed by atoms with Gasteiger partial charge in [0.1, 0.15) is 11.7 Å². The number of carbonyl (C=O) groups excluding carboxylic acids is 1. The molecule has 1 N–H and O–H groups in total. The molecule has 0 aliphatic carbocycles. The minimum absolute atomic E-state index is 0.182. The van der Waals surface area contributed by atoms with E-state index in [1.54, 1.807) is 0 Å². The number of ether oxygens (including phenoxy) is 2. The lowest BCUT2D eigenvalue weighted by Crippen LogP contribution is -2.35. The summed E-state index contributed by atoms with van der Waals surface area (Å²) in [6.07, 6.45) is -1.31. The van der Waals surface area contributed by atoms with Crippen molar-refractivity contribution >= 4 is 5.97 Å². The van der Waals surface area contributed by atoms with Crippen LogP contribution in [-0.2, 0) is 19.9 Å². The fourth-order valence-corrected chi connectivity index (χ4v) is 3.72. The minimum Gasteiger partial charge on any atom is -0.458 e. The van der Waals surface area contributed by atoms with Gasteiger partial charge in [-0.1, -0.05) is 91.0 Å². The Morgan fingerprint density at radius 1 is 0.821 bits per heavy atom. The van der Waals surface area contributed by atoms with Crippen LogP contribution in [-0.4, -0.2) is 29.9 Å². The topological polar surface area (TPSA) is 55.8 Å². The Morgan fingerprint density at radius 3 is 1.61 bits per heavy atom. The molecule has 0 amide bonds. The van der Waals surface area contributed by atoms with Gasteiger partial charge in [0.25, 0.3) is 0 Å². The predicted molar refractivity (Wildman–Crippen MR) is 106 cm³/mol. The lowest BCUT2D eigenvalue weighted by atomic mass is 9.80. The summed E-state index contributed by atoms with van der Waals surface area (Å²) in [5.74, 6) is -0.585. The Hall–Kier alpha value is -2.95. The van der Waals surface area contributed by atoms with Gasteiger partial charge in [-0.05, 0) is 16.7 Å². The molecule has 4 nitrogen and oxygen atoms in total. The first kappa shape index (κ1) is 18.4. The number of cyclic esters (lactones) is 1. The first-order valence-electron chi connectivity index (χ1n) is 9.39. The molecule has 0 aromatic heterocycles. The van der Waals surface area contributed by atoms with E-state index in [4.69, 9.17) is 9.47 Å². The first-order chi connectivity index (χ1) is 13.7. The van der Waals surface area contributed by atoms with E-state index >= 15 is 0 Å². The summed E-state index contributed by atoms with van der Waals surface area (Å²) < 4.78 is 11.8. The average Bonchev–Trinajstić information content (AvgIpc) is 3.08. The van der Waals surface area contributed by atoms with Gasteiger partial charge < -0.3 is 14.6 Å². The van der Waals surface area contributed by atoms with Crippen LogP contribution in [0.5, 0.6) is 0 Å². The third kappa shape index (κ3) is 3.44. The number of aliphatic hydroxyl groups excluding tert-OH is 1. The van der Waals surface area contributed by atoms with Gasteiger partial charge in [0.05, 0.1) is 6.61 Å². The maximum Gasteiger partial charge on any atom is 0.335 e. The van der Waals surface area contributed by atoms with Gasteiger partial charge in [0.15, 0.2) is 6.10 Å². The Bertz CT molecular complexity index is 812. The van der Waals surface area contributed by atoms with Crippen molar-refractivity contribution in [2.45, 2.75) is 24.2 Å². The van der Waals surface area contributed by atoms with E-state index in [1.807, 2.05) is 91.0 Å². The Kier molecular flexibility index (Phi) is 5.24. The van der Waals surface area contributed by atoms with E-state index in [9.17, 15) is 9.90 Å². The Labute approximate surface area is 164 Å². The summed E-state index contributed by atoms with van der Waals surface area (Å²) in [7, 11) is 0. The molecule has 1 aliphatic heterocycles. The summed E-state index contributed by atoms with van der Waals surface area (Å²) in [5, 5.41) is 9.72. The fourth-order valence-electron chi connectivity index (χ4n) is 3.72. The molecule has 1 aliphatic rings. The molecule has 0 saturated carbocycles. The molecule has 1 saturated heterocycles. The highest BCUT2D eigenvalue weighted by atomic mass is 16.6. The number of aliphatic hydroxyl groups is 1. The van der Waals surface area contributed by atoms with E-state index in [-0.39, 0.29) is 13.0 Å². The van der Waals surface area contributed by atoms with E-state index in [2.05, 4.69) is 0 Å². The maximum absolute atomic E-state index is 11.6. The molecule has 4 heteroatoms. The molecule has 3 aromatic carbocycles. The lowest BCUT2D eigenvalue weighted by molar-refractivity contribution is -0.150. The second kappa shape index (κ2) is 7.97. The molecule has 28 heavy (non-hydrogen) atoms. The third-order valence-electron chi connectivity index (χ3n) is 5.07. The van der Waals surface area contributed by atoms with Crippen molar-refractivity contribution < 1.29 is 19.4 Å². The number of hydrogen-bond donors (Lipinski definition) is 1. The number of esters is 1. The van der Waals surface area contributed by atoms with Crippen molar-refractivity contribution in [2.75, 3.05) is 6.61 Å². The molecule has 3 aromatic rings. The van der Waals surface area contributed by atoms with Crippen LogP contribution in [0.2, 0.25) is 0 Å². The summed E-state index contributed by atoms with van der Waals surface area (Å²) in [6, 6.07) is 30.0. The van der Waals surface area contributed by atoms with E-state index in [0.717, 1.165) is 16.7 Å². The zero-order chi connectivity index (χ0) is 19.4. The smallest absolute Gasteiger partial charge is 0.335 e. The Balaban J connectivity index is 1.80. The number of carbonyl (C=O) groups is 1. The normalized spacial score (nSPS) is 19.4. The van der Waals surface area contributed by atoms with Crippen LogP contribution >= 0.6 is 0 Å². The highest BCUT2D eigenvalue weighted by Gasteiger charge is 2.40. The van der Waals surface area contributed by atoms with Gasteiger partial charge in [-0.3, -0.25) is 0 Å². The molecule has 2 atom stereocenters. The number of rotatable bonds is 6. The first-order valence-corrected chi connectivity index (χ1v) is 9.39. The Morgan fingerprint density at radius 2 is 1.25 bits per heavy atom. The summed E-state index contributed by atoms with van der Waals surface area (Å²) in [4.78, 5) is 11.6. The average molecular weight is 374 g/mol. The van der Waals surface area contributed by atoms with Crippen molar-refractivity contribution in [1.29, 1.82) is 0 Å². The van der Waals surface area contributed by atoms with Crippen molar-refractivity contribution in [3.05, 3.63) is 108 Å². The van der Waals surface area contributed by atoms with Gasteiger partial charge >= 0.3 is 5.97 Å². The molecule has 0 unspecified atom stereocenters. The highest BCUT2D eigenvalue weighted by Crippen LogP contribution is 2.40. The van der Waals surface area contributed by atoms with Gasteiger partial charge in [-0.2, -0.15) is 0 Å². The van der Waals surface area contributed by atoms with Crippen molar-refractivity contribution in [2.24, 2.45) is 0 Å². The summed E-state index contributed by atoms with van der Waals surface area (Å²) >= 11 is 0. The van der Waals surface area contributed by atoms with E-state index in [0.29, 0.717) is 0 Å². The largest absolute Gasteiger partial charge is 0.458 e. The monoisotopic (exact) mass is 374 g/mol. The summed E-state index contributed by atoms with van der Waals surface area (Å²) in [5.41, 5.74) is 2.09. The SMILES string of the molecule is O=C1O[C@H](COC(c2ccccc2)(c2ccccc2)c2ccccc2)C[C@H]1O. The van der Waals surface area contributed by atoms with Crippen LogP contribution in [0.4, 0.5) is 0 Å². The molecule has 0 radical (unpaired) electrons. The molecule has 1 heterocycles. The van der Waals surface area contributed by atoms with Gasteiger partial charge in [0.2, 0.25) is 0 Å². The van der Waals surface area contributed by atoms with Crippen LogP contribution < -0.4 is 0 Å². The fraction of sp³-hybridized carbons (Fsp3) is 0.208. The van der Waals surface area contributed by atoms with Gasteiger partial charge in [0, 0.05) is 6.42 Å². The van der Waals surface area contributed by atoms with E-state index in [1.165, 1.54) is 0 Å². The second-order valence-electron chi connectivity index (χ2n) is 6.90. The second-order valence-corrected chi connectivity index (χ2v) is 6.90. The number of benzene rings is 3.